The van der Waals surface area contributed by atoms with Crippen LogP contribution in [0.25, 0.3) is 11.1 Å². The Morgan fingerprint density at radius 2 is 1.88 bits per heavy atom. The number of hydrogen-bond acceptors (Lipinski definition) is 5. The smallest absolute Gasteiger partial charge is 0.323 e. The van der Waals surface area contributed by atoms with Gasteiger partial charge in [-0.2, -0.15) is 0 Å². The number of phenols is 1. The van der Waals surface area contributed by atoms with Gasteiger partial charge >= 0.3 is 5.69 Å². The number of rotatable bonds is 2. The molecular weight excluding hydrogens is 368 g/mol. The van der Waals surface area contributed by atoms with Crippen molar-refractivity contribution in [1.82, 2.24) is 9.36 Å². The summed E-state index contributed by atoms with van der Waals surface area (Å²) in [5.41, 5.74) is -2.80. The fourth-order valence-corrected chi connectivity index (χ4v) is 3.17. The first-order valence-corrected chi connectivity index (χ1v) is 7.52. The van der Waals surface area contributed by atoms with Crippen LogP contribution in [0.15, 0.2) is 10.9 Å². The van der Waals surface area contributed by atoms with Gasteiger partial charge in [0.2, 0.25) is 5.75 Å². The summed E-state index contributed by atoms with van der Waals surface area (Å²) in [4.78, 5) is 22.9. The second kappa shape index (κ2) is 6.08. The first kappa shape index (κ1) is 16.7. The molecule has 1 aromatic heterocycles. The zero-order valence-electron chi connectivity index (χ0n) is 12.0. The van der Waals surface area contributed by atoms with Crippen molar-refractivity contribution >= 4 is 28.9 Å². The molecule has 0 spiro atoms. The molecule has 1 aliphatic heterocycles. The third kappa shape index (κ3) is 2.45. The van der Waals surface area contributed by atoms with E-state index in [1.54, 1.807) is 0 Å². The second-order valence-corrected chi connectivity index (χ2v) is 5.76. The van der Waals surface area contributed by atoms with Gasteiger partial charge in [0.25, 0.3) is 5.56 Å². The molecule has 128 valence electrons. The summed E-state index contributed by atoms with van der Waals surface area (Å²) in [5.74, 6) is -2.05. The molecule has 0 bridgehead atoms. The quantitative estimate of drug-likeness (QED) is 0.639. The summed E-state index contributed by atoms with van der Waals surface area (Å²) in [6.45, 7) is 0.913. The molecule has 0 amide bonds. The number of nitro groups is 1. The van der Waals surface area contributed by atoms with Gasteiger partial charge in [-0.1, -0.05) is 23.2 Å². The predicted octanol–water partition coefficient (Wildman–Crippen LogP) is 2.41. The van der Waals surface area contributed by atoms with Gasteiger partial charge in [-0.05, 0) is 6.07 Å². The largest absolute Gasteiger partial charge is 0.501 e. The third-order valence-electron chi connectivity index (χ3n) is 3.68. The van der Waals surface area contributed by atoms with Crippen LogP contribution in [0, 0.1) is 15.9 Å². The molecule has 2 heterocycles. The molecular formula is C13H10Cl2FN3O5. The second-order valence-electron chi connectivity index (χ2n) is 5.00. The van der Waals surface area contributed by atoms with E-state index in [0.29, 0.717) is 6.07 Å². The minimum atomic E-state index is -1.12. The number of benzene rings is 1. The number of ether oxygens (including phenoxy) is 1. The summed E-state index contributed by atoms with van der Waals surface area (Å²) in [7, 11) is 0. The molecule has 24 heavy (non-hydrogen) atoms. The maximum atomic E-state index is 14.4. The van der Waals surface area contributed by atoms with Crippen molar-refractivity contribution in [3.8, 4) is 16.9 Å². The average Bonchev–Trinajstić information content (AvgIpc) is 2.71. The van der Waals surface area contributed by atoms with Crippen molar-refractivity contribution in [3.63, 3.8) is 0 Å². The van der Waals surface area contributed by atoms with Crippen LogP contribution >= 0.6 is 23.2 Å². The highest BCUT2D eigenvalue weighted by molar-refractivity contribution is 6.33. The Bertz CT molecular complexity index is 908. The van der Waals surface area contributed by atoms with Crippen LogP contribution in [-0.2, 0) is 17.8 Å². The van der Waals surface area contributed by atoms with Crippen LogP contribution in [0.1, 0.15) is 0 Å². The fourth-order valence-electron chi connectivity index (χ4n) is 2.63. The number of aromatic hydroxyl groups is 1. The van der Waals surface area contributed by atoms with E-state index in [4.69, 9.17) is 27.9 Å². The summed E-state index contributed by atoms with van der Waals surface area (Å²) in [6.07, 6.45) is 0. The molecule has 0 aliphatic carbocycles. The summed E-state index contributed by atoms with van der Waals surface area (Å²) in [5, 5.41) is 20.4. The molecule has 0 atom stereocenters. The van der Waals surface area contributed by atoms with Crippen molar-refractivity contribution in [3.05, 3.63) is 42.5 Å². The molecule has 0 saturated heterocycles. The number of hydrogen-bond donors (Lipinski definition) is 1. The number of halogens is 3. The predicted molar refractivity (Wildman–Crippen MR) is 83.2 cm³/mol. The van der Waals surface area contributed by atoms with Crippen LogP contribution in [0.2, 0.25) is 10.2 Å². The van der Waals surface area contributed by atoms with Crippen molar-refractivity contribution in [2.24, 2.45) is 0 Å². The van der Waals surface area contributed by atoms with Gasteiger partial charge in [-0.15, -0.1) is 0 Å². The number of nitrogens with zero attached hydrogens (tertiary/aromatic N) is 3. The number of phenolic OH excluding ortho intramolecular Hbond substituents is 1. The Kier molecular flexibility index (Phi) is 4.24. The first-order chi connectivity index (χ1) is 11.3. The zero-order valence-corrected chi connectivity index (χ0v) is 13.5. The lowest BCUT2D eigenvalue weighted by Gasteiger charge is -2.07. The lowest BCUT2D eigenvalue weighted by Crippen LogP contribution is -2.23. The average molecular weight is 378 g/mol. The Hall–Kier alpha value is -2.10. The highest BCUT2D eigenvalue weighted by Gasteiger charge is 2.33. The maximum Gasteiger partial charge on any atom is 0.323 e. The van der Waals surface area contributed by atoms with Crippen molar-refractivity contribution in [2.75, 3.05) is 13.2 Å². The zero-order chi connectivity index (χ0) is 17.6. The van der Waals surface area contributed by atoms with Crippen LogP contribution in [0.4, 0.5) is 10.1 Å². The van der Waals surface area contributed by atoms with Gasteiger partial charge in [0, 0.05) is 0 Å². The van der Waals surface area contributed by atoms with Gasteiger partial charge in [0.15, 0.2) is 0 Å². The Morgan fingerprint density at radius 3 is 2.50 bits per heavy atom. The molecule has 3 rings (SSSR count). The Balaban J connectivity index is 2.38. The number of fused-ring (bicyclic) bond motifs is 1. The van der Waals surface area contributed by atoms with Crippen molar-refractivity contribution in [1.29, 1.82) is 0 Å². The van der Waals surface area contributed by atoms with E-state index >= 15 is 0 Å². The van der Waals surface area contributed by atoms with Crippen molar-refractivity contribution in [2.45, 2.75) is 13.1 Å². The lowest BCUT2D eigenvalue weighted by molar-refractivity contribution is -0.385. The standard InChI is InChI=1S/C13H10Cl2FN3O5/c14-6-5-7(16)8(10(11(6)20)19(22)23)9-12(15)17-1-3-24-4-2-18(17)13(9)21/h5,20H,1-4H2. The molecule has 1 aromatic carbocycles. The van der Waals surface area contributed by atoms with Crippen molar-refractivity contribution < 1.29 is 19.2 Å². The van der Waals surface area contributed by atoms with Crippen LogP contribution in [0.3, 0.4) is 0 Å². The normalized spacial score (nSPS) is 14.3. The van der Waals surface area contributed by atoms with Gasteiger partial charge in [-0.25, -0.2) is 9.07 Å². The molecule has 0 unspecified atom stereocenters. The number of aromatic nitrogens is 2. The molecule has 0 saturated carbocycles. The topological polar surface area (TPSA) is 99.5 Å². The maximum absolute atomic E-state index is 14.4. The van der Waals surface area contributed by atoms with Gasteiger partial charge < -0.3 is 9.84 Å². The van der Waals surface area contributed by atoms with E-state index in [1.807, 2.05) is 0 Å². The third-order valence-corrected chi connectivity index (χ3v) is 4.35. The highest BCUT2D eigenvalue weighted by atomic mass is 35.5. The Morgan fingerprint density at radius 1 is 1.25 bits per heavy atom. The van der Waals surface area contributed by atoms with Crippen LogP contribution < -0.4 is 5.56 Å². The van der Waals surface area contributed by atoms with E-state index in [-0.39, 0.29) is 31.5 Å². The molecule has 8 nitrogen and oxygen atoms in total. The molecule has 11 heteroatoms. The monoisotopic (exact) mass is 377 g/mol. The first-order valence-electron chi connectivity index (χ1n) is 6.77. The summed E-state index contributed by atoms with van der Waals surface area (Å²) < 4.78 is 22.2. The van der Waals surface area contributed by atoms with Crippen LogP contribution in [0.5, 0.6) is 5.75 Å². The molecule has 1 aliphatic rings. The van der Waals surface area contributed by atoms with Gasteiger partial charge in [-0.3, -0.25) is 19.6 Å². The van der Waals surface area contributed by atoms with E-state index in [1.165, 1.54) is 9.36 Å². The van der Waals surface area contributed by atoms with Gasteiger partial charge in [0.1, 0.15) is 16.5 Å². The molecule has 0 fully saturated rings. The molecule has 0 radical (unpaired) electrons. The molecule has 1 N–H and O–H groups in total. The van der Waals surface area contributed by atoms with Crippen LogP contribution in [-0.4, -0.2) is 32.6 Å². The fraction of sp³-hybridized carbons (Fsp3) is 0.308. The van der Waals surface area contributed by atoms with E-state index < -0.39 is 43.9 Å². The minimum absolute atomic E-state index is 0.160. The SMILES string of the molecule is O=c1c(-c2c(F)cc(Cl)c(O)c2[N+](=O)[O-])c(Cl)n2n1CCOCC2. The highest BCUT2D eigenvalue weighted by Crippen LogP contribution is 2.44. The number of nitro benzene ring substituents is 1. The van der Waals surface area contributed by atoms with E-state index in [2.05, 4.69) is 0 Å². The lowest BCUT2D eigenvalue weighted by atomic mass is 10.1. The van der Waals surface area contributed by atoms with Gasteiger partial charge in [0.05, 0.1) is 41.8 Å². The minimum Gasteiger partial charge on any atom is -0.501 e. The molecule has 2 aromatic rings. The van der Waals surface area contributed by atoms with E-state index in [0.717, 1.165) is 0 Å². The Labute approximate surface area is 143 Å². The van der Waals surface area contributed by atoms with E-state index in [9.17, 15) is 24.4 Å². The summed E-state index contributed by atoms with van der Waals surface area (Å²) >= 11 is 11.8. The summed E-state index contributed by atoms with van der Waals surface area (Å²) in [6, 6.07) is 0.700.